The number of carbonyl (C=O) groups excluding carboxylic acids is 1. The van der Waals surface area contributed by atoms with Gasteiger partial charge in [0.25, 0.3) is 0 Å². The van der Waals surface area contributed by atoms with Crippen molar-refractivity contribution in [3.8, 4) is 0 Å². The average molecular weight is 360 g/mol. The first-order valence-corrected chi connectivity index (χ1v) is 10.0. The lowest BCUT2D eigenvalue weighted by molar-refractivity contribution is -0.120. The lowest BCUT2D eigenvalue weighted by Gasteiger charge is -2.24. The van der Waals surface area contributed by atoms with Crippen LogP contribution in [-0.4, -0.2) is 27.1 Å². The molecule has 134 valence electrons. The van der Waals surface area contributed by atoms with E-state index in [1.54, 1.807) is 18.2 Å². The van der Waals surface area contributed by atoms with Gasteiger partial charge in [-0.3, -0.25) is 9.10 Å². The molecule has 0 aromatic heterocycles. The highest BCUT2D eigenvalue weighted by Gasteiger charge is 2.22. The summed E-state index contributed by atoms with van der Waals surface area (Å²) in [4.78, 5) is 12.5. The zero-order valence-corrected chi connectivity index (χ0v) is 15.6. The van der Waals surface area contributed by atoms with E-state index in [0.29, 0.717) is 5.69 Å². The monoisotopic (exact) mass is 360 g/mol. The minimum atomic E-state index is -3.56. The quantitative estimate of drug-likeness (QED) is 0.825. The number of hydrogen-bond donors (Lipinski definition) is 1. The van der Waals surface area contributed by atoms with Gasteiger partial charge in [-0.1, -0.05) is 49.4 Å². The summed E-state index contributed by atoms with van der Waals surface area (Å²) in [5.41, 5.74) is 2.42. The van der Waals surface area contributed by atoms with E-state index >= 15 is 0 Å². The molecule has 0 saturated heterocycles. The smallest absolute Gasteiger partial charge is 0.241 e. The van der Waals surface area contributed by atoms with Crippen molar-refractivity contribution >= 4 is 21.6 Å². The predicted molar refractivity (Wildman–Crippen MR) is 101 cm³/mol. The molecule has 0 saturated carbocycles. The largest absolute Gasteiger partial charge is 0.348 e. The Morgan fingerprint density at radius 3 is 2.36 bits per heavy atom. The number of nitrogens with one attached hydrogen (secondary N) is 1. The SMILES string of the molecule is CC[C@H](NC(=O)CN(c1cccc(C)c1)S(C)(=O)=O)c1ccccc1. The van der Waals surface area contributed by atoms with Crippen LogP contribution in [0, 0.1) is 6.92 Å². The lowest BCUT2D eigenvalue weighted by Crippen LogP contribution is -2.41. The predicted octanol–water partition coefficient (Wildman–Crippen LogP) is 3.03. The van der Waals surface area contributed by atoms with Gasteiger partial charge in [0.15, 0.2) is 0 Å². The van der Waals surface area contributed by atoms with E-state index in [-0.39, 0.29) is 18.5 Å². The first kappa shape index (κ1) is 19.0. The highest BCUT2D eigenvalue weighted by atomic mass is 32.2. The van der Waals surface area contributed by atoms with Crippen LogP contribution in [0.25, 0.3) is 0 Å². The molecule has 0 aliphatic carbocycles. The second-order valence-electron chi connectivity index (χ2n) is 6.05. The fourth-order valence-electron chi connectivity index (χ4n) is 2.66. The number of aryl methyl sites for hydroxylation is 1. The first-order valence-electron chi connectivity index (χ1n) is 8.20. The van der Waals surface area contributed by atoms with E-state index in [0.717, 1.165) is 28.1 Å². The lowest BCUT2D eigenvalue weighted by atomic mass is 10.0. The number of anilines is 1. The van der Waals surface area contributed by atoms with Gasteiger partial charge in [-0.05, 0) is 36.6 Å². The van der Waals surface area contributed by atoms with Gasteiger partial charge in [0, 0.05) is 0 Å². The normalized spacial score (nSPS) is 12.4. The van der Waals surface area contributed by atoms with Crippen molar-refractivity contribution in [1.82, 2.24) is 5.32 Å². The standard InChI is InChI=1S/C19H24N2O3S/c1-4-18(16-10-6-5-7-11-16)20-19(22)14-21(25(3,23)24)17-12-8-9-15(2)13-17/h5-13,18H,4,14H2,1-3H3,(H,20,22)/t18-/m0/s1. The molecule has 1 atom stereocenters. The molecule has 1 amide bonds. The Labute approximate surface area is 149 Å². The first-order chi connectivity index (χ1) is 11.8. The maximum absolute atomic E-state index is 12.5. The van der Waals surface area contributed by atoms with Crippen molar-refractivity contribution in [1.29, 1.82) is 0 Å². The third kappa shape index (κ3) is 5.32. The summed E-state index contributed by atoms with van der Waals surface area (Å²) in [6.07, 6.45) is 1.83. The van der Waals surface area contributed by atoms with E-state index in [1.165, 1.54) is 0 Å². The molecule has 25 heavy (non-hydrogen) atoms. The topological polar surface area (TPSA) is 66.5 Å². The zero-order chi connectivity index (χ0) is 18.4. The number of sulfonamides is 1. The summed E-state index contributed by atoms with van der Waals surface area (Å²) in [5, 5.41) is 2.92. The van der Waals surface area contributed by atoms with Crippen LogP contribution in [0.5, 0.6) is 0 Å². The molecular formula is C19H24N2O3S. The van der Waals surface area contributed by atoms with E-state index < -0.39 is 10.0 Å². The van der Waals surface area contributed by atoms with E-state index in [4.69, 9.17) is 0 Å². The van der Waals surface area contributed by atoms with Crippen LogP contribution in [0.4, 0.5) is 5.69 Å². The average Bonchev–Trinajstić information content (AvgIpc) is 2.57. The maximum atomic E-state index is 12.5. The molecule has 2 aromatic rings. The second-order valence-corrected chi connectivity index (χ2v) is 7.95. The van der Waals surface area contributed by atoms with Gasteiger partial charge in [-0.15, -0.1) is 0 Å². The van der Waals surface area contributed by atoms with Gasteiger partial charge in [0.05, 0.1) is 18.0 Å². The third-order valence-electron chi connectivity index (χ3n) is 3.92. The Hall–Kier alpha value is -2.34. The van der Waals surface area contributed by atoms with Crippen molar-refractivity contribution in [2.24, 2.45) is 0 Å². The van der Waals surface area contributed by atoms with E-state index in [2.05, 4.69) is 5.32 Å². The highest BCUT2D eigenvalue weighted by molar-refractivity contribution is 7.92. The summed E-state index contributed by atoms with van der Waals surface area (Å²) in [7, 11) is -3.56. The Morgan fingerprint density at radius 1 is 1.12 bits per heavy atom. The molecule has 2 aromatic carbocycles. The van der Waals surface area contributed by atoms with Crippen molar-refractivity contribution in [2.75, 3.05) is 17.1 Å². The van der Waals surface area contributed by atoms with Crippen LogP contribution in [0.2, 0.25) is 0 Å². The molecule has 6 heteroatoms. The summed E-state index contributed by atoms with van der Waals surface area (Å²) in [5.74, 6) is -0.331. The molecule has 2 rings (SSSR count). The van der Waals surface area contributed by atoms with Crippen molar-refractivity contribution < 1.29 is 13.2 Å². The second kappa shape index (κ2) is 8.16. The Balaban J connectivity index is 2.17. The fraction of sp³-hybridized carbons (Fsp3) is 0.316. The highest BCUT2D eigenvalue weighted by Crippen LogP contribution is 2.20. The zero-order valence-electron chi connectivity index (χ0n) is 14.8. The molecule has 0 radical (unpaired) electrons. The van der Waals surface area contributed by atoms with Crippen LogP contribution in [0.15, 0.2) is 54.6 Å². The summed E-state index contributed by atoms with van der Waals surface area (Å²) in [6, 6.07) is 16.6. The van der Waals surface area contributed by atoms with Crippen LogP contribution < -0.4 is 9.62 Å². The molecule has 0 unspecified atom stereocenters. The van der Waals surface area contributed by atoms with Gasteiger partial charge in [-0.2, -0.15) is 0 Å². The molecule has 0 aliphatic rings. The van der Waals surface area contributed by atoms with Gasteiger partial charge in [0.1, 0.15) is 6.54 Å². The summed E-state index contributed by atoms with van der Waals surface area (Å²) >= 11 is 0. The van der Waals surface area contributed by atoms with Crippen LogP contribution in [-0.2, 0) is 14.8 Å². The van der Waals surface area contributed by atoms with E-state index in [9.17, 15) is 13.2 Å². The van der Waals surface area contributed by atoms with Crippen LogP contribution in [0.1, 0.15) is 30.5 Å². The molecule has 0 aliphatic heterocycles. The Kier molecular flexibility index (Phi) is 6.20. The fourth-order valence-corrected chi connectivity index (χ4v) is 3.51. The summed E-state index contributed by atoms with van der Waals surface area (Å²) in [6.45, 7) is 3.62. The third-order valence-corrected chi connectivity index (χ3v) is 5.06. The number of amides is 1. The van der Waals surface area contributed by atoms with Gasteiger partial charge in [0.2, 0.25) is 15.9 Å². The van der Waals surface area contributed by atoms with Gasteiger partial charge >= 0.3 is 0 Å². The number of carbonyl (C=O) groups is 1. The summed E-state index contributed by atoms with van der Waals surface area (Å²) < 4.78 is 25.4. The Morgan fingerprint density at radius 2 is 1.80 bits per heavy atom. The molecular weight excluding hydrogens is 336 g/mol. The van der Waals surface area contributed by atoms with Crippen LogP contribution >= 0.6 is 0 Å². The van der Waals surface area contributed by atoms with Crippen molar-refractivity contribution in [3.05, 3.63) is 65.7 Å². The minimum Gasteiger partial charge on any atom is -0.348 e. The molecule has 0 fully saturated rings. The minimum absolute atomic E-state index is 0.146. The van der Waals surface area contributed by atoms with E-state index in [1.807, 2.05) is 50.2 Å². The van der Waals surface area contributed by atoms with Gasteiger partial charge in [-0.25, -0.2) is 8.42 Å². The van der Waals surface area contributed by atoms with Crippen LogP contribution in [0.3, 0.4) is 0 Å². The number of hydrogen-bond acceptors (Lipinski definition) is 3. The number of benzene rings is 2. The van der Waals surface area contributed by atoms with Crippen molar-refractivity contribution in [3.63, 3.8) is 0 Å². The molecule has 0 bridgehead atoms. The molecule has 1 N–H and O–H groups in total. The molecule has 0 heterocycles. The number of rotatable bonds is 7. The molecule has 0 spiro atoms. The Bertz CT molecular complexity index is 820. The van der Waals surface area contributed by atoms with Gasteiger partial charge < -0.3 is 5.32 Å². The number of nitrogens with zero attached hydrogens (tertiary/aromatic N) is 1. The van der Waals surface area contributed by atoms with Crippen molar-refractivity contribution in [2.45, 2.75) is 26.3 Å². The molecule has 5 nitrogen and oxygen atoms in total. The maximum Gasteiger partial charge on any atom is 0.241 e.